The zero-order valence-electron chi connectivity index (χ0n) is 18.6. The van der Waals surface area contributed by atoms with Gasteiger partial charge in [0.2, 0.25) is 0 Å². The van der Waals surface area contributed by atoms with E-state index < -0.39 is 15.1 Å². The van der Waals surface area contributed by atoms with Gasteiger partial charge >= 0.3 is 0 Å². The molecule has 0 N–H and O–H groups in total. The molecule has 1 saturated heterocycles. The molecule has 6 heteroatoms. The normalized spacial score (nSPS) is 16.8. The van der Waals surface area contributed by atoms with Gasteiger partial charge < -0.3 is 4.74 Å². The number of hydrogen-bond donors (Lipinski definition) is 0. The molecule has 0 saturated carbocycles. The van der Waals surface area contributed by atoms with Crippen molar-refractivity contribution in [2.45, 2.75) is 62.6 Å². The van der Waals surface area contributed by atoms with Crippen LogP contribution in [0.3, 0.4) is 0 Å². The molecule has 5 nitrogen and oxygen atoms in total. The Morgan fingerprint density at radius 1 is 1.10 bits per heavy atom. The molecule has 2 heterocycles. The fourth-order valence-corrected chi connectivity index (χ4v) is 6.46. The van der Waals surface area contributed by atoms with Crippen LogP contribution in [0.5, 0.6) is 0 Å². The van der Waals surface area contributed by atoms with Gasteiger partial charge in [-0.2, -0.15) is 5.10 Å². The van der Waals surface area contributed by atoms with Gasteiger partial charge in [-0.25, -0.2) is 8.42 Å². The molecular weight excluding hydrogens is 408 g/mol. The molecule has 0 radical (unpaired) electrons. The van der Waals surface area contributed by atoms with Crippen molar-refractivity contribution >= 4 is 20.7 Å². The minimum Gasteiger partial charge on any atom is -0.381 e. The second kappa shape index (κ2) is 9.13. The van der Waals surface area contributed by atoms with Crippen LogP contribution >= 0.6 is 0 Å². The molecule has 1 fully saturated rings. The minimum absolute atomic E-state index is 0.269. The smallest absolute Gasteiger partial charge is 0.185 e. The summed E-state index contributed by atoms with van der Waals surface area (Å²) < 4.78 is 35.0. The van der Waals surface area contributed by atoms with E-state index in [-0.39, 0.29) is 5.92 Å². The first-order valence-electron chi connectivity index (χ1n) is 11.3. The van der Waals surface area contributed by atoms with Gasteiger partial charge in [0.15, 0.2) is 9.84 Å². The average molecular weight is 441 g/mol. The van der Waals surface area contributed by atoms with E-state index in [1.165, 1.54) is 5.56 Å². The van der Waals surface area contributed by atoms with Gasteiger partial charge in [0.1, 0.15) is 0 Å². The van der Waals surface area contributed by atoms with Crippen LogP contribution in [-0.4, -0.2) is 31.4 Å². The van der Waals surface area contributed by atoms with Gasteiger partial charge in [-0.1, -0.05) is 45.0 Å². The van der Waals surface area contributed by atoms with Crippen LogP contribution < -0.4 is 0 Å². The monoisotopic (exact) mass is 440 g/mol. The maximum atomic E-state index is 13.7. The van der Waals surface area contributed by atoms with Crippen LogP contribution in [0.25, 0.3) is 10.9 Å². The van der Waals surface area contributed by atoms with Crippen LogP contribution in [0, 0.1) is 5.92 Å². The van der Waals surface area contributed by atoms with E-state index in [0.29, 0.717) is 17.4 Å². The highest BCUT2D eigenvalue weighted by Crippen LogP contribution is 2.36. The Morgan fingerprint density at radius 3 is 2.45 bits per heavy atom. The number of sulfone groups is 1. The molecule has 0 bridgehead atoms. The average Bonchev–Trinajstić information content (AvgIpc) is 3.21. The molecule has 0 spiro atoms. The molecule has 0 aliphatic carbocycles. The highest BCUT2D eigenvalue weighted by atomic mass is 32.2. The summed E-state index contributed by atoms with van der Waals surface area (Å²) in [5.41, 5.74) is 3.06. The lowest BCUT2D eigenvalue weighted by atomic mass is 10.0. The zero-order chi connectivity index (χ0) is 22.0. The number of aryl methyl sites for hydroxylation is 1. The molecule has 2 aromatic carbocycles. The summed E-state index contributed by atoms with van der Waals surface area (Å²) in [5, 5.41) is 4.90. The molecule has 1 atom stereocenters. The summed E-state index contributed by atoms with van der Waals surface area (Å²) in [6.07, 6.45) is 5.18. The van der Waals surface area contributed by atoms with Gasteiger partial charge in [-0.3, -0.25) is 4.68 Å². The first-order valence-corrected chi connectivity index (χ1v) is 12.8. The molecule has 1 aromatic heterocycles. The molecule has 1 unspecified atom stereocenters. The standard InChI is InChI=1S/C25H32N2O3S/c1-4-19-5-7-20(8-6-19)25(15-18(2)3)31(28,29)23-9-10-24-21(16-23)17-26-27(24)22-11-13-30-14-12-22/h5-10,16-18,22,25H,4,11-15H2,1-3H3. The van der Waals surface area contributed by atoms with Crippen LogP contribution in [0.2, 0.25) is 0 Å². The fourth-order valence-electron chi connectivity index (χ4n) is 4.43. The van der Waals surface area contributed by atoms with Gasteiger partial charge in [-0.15, -0.1) is 0 Å². The Kier molecular flexibility index (Phi) is 6.49. The molecular formula is C25H32N2O3S. The van der Waals surface area contributed by atoms with E-state index in [4.69, 9.17) is 4.74 Å². The number of hydrogen-bond acceptors (Lipinski definition) is 4. The predicted molar refractivity (Wildman–Crippen MR) is 124 cm³/mol. The van der Waals surface area contributed by atoms with Crippen molar-refractivity contribution in [1.29, 1.82) is 0 Å². The van der Waals surface area contributed by atoms with Crippen LogP contribution in [0.4, 0.5) is 0 Å². The molecule has 1 aliphatic rings. The fraction of sp³-hybridized carbons (Fsp3) is 0.480. The molecule has 1 aliphatic heterocycles. The van der Waals surface area contributed by atoms with E-state index in [0.717, 1.165) is 48.9 Å². The topological polar surface area (TPSA) is 61.2 Å². The van der Waals surface area contributed by atoms with Crippen molar-refractivity contribution in [2.75, 3.05) is 13.2 Å². The predicted octanol–water partition coefficient (Wildman–Crippen LogP) is 5.51. The number of fused-ring (bicyclic) bond motifs is 1. The van der Waals surface area contributed by atoms with E-state index in [2.05, 4.69) is 25.9 Å². The van der Waals surface area contributed by atoms with Crippen molar-refractivity contribution in [3.8, 4) is 0 Å². The Hall–Kier alpha value is -2.18. The lowest BCUT2D eigenvalue weighted by Crippen LogP contribution is -2.20. The van der Waals surface area contributed by atoms with E-state index in [1.807, 2.05) is 35.0 Å². The number of aromatic nitrogens is 2. The third-order valence-electron chi connectivity index (χ3n) is 6.25. The van der Waals surface area contributed by atoms with Gasteiger partial charge in [-0.05, 0) is 60.9 Å². The van der Waals surface area contributed by atoms with E-state index >= 15 is 0 Å². The van der Waals surface area contributed by atoms with Gasteiger partial charge in [0, 0.05) is 18.6 Å². The third kappa shape index (κ3) is 4.55. The zero-order valence-corrected chi connectivity index (χ0v) is 19.4. The van der Waals surface area contributed by atoms with Gasteiger partial charge in [0.25, 0.3) is 0 Å². The summed E-state index contributed by atoms with van der Waals surface area (Å²) in [7, 11) is -3.53. The van der Waals surface area contributed by atoms with Crippen molar-refractivity contribution in [3.63, 3.8) is 0 Å². The Balaban J connectivity index is 1.70. The third-order valence-corrected chi connectivity index (χ3v) is 8.38. The number of ether oxygens (including phenoxy) is 1. The highest BCUT2D eigenvalue weighted by Gasteiger charge is 2.30. The van der Waals surface area contributed by atoms with Crippen molar-refractivity contribution in [2.24, 2.45) is 5.92 Å². The maximum absolute atomic E-state index is 13.7. The van der Waals surface area contributed by atoms with Gasteiger partial charge in [0.05, 0.1) is 27.9 Å². The second-order valence-corrected chi connectivity index (χ2v) is 11.0. The summed E-state index contributed by atoms with van der Waals surface area (Å²) in [6.45, 7) is 7.74. The lowest BCUT2D eigenvalue weighted by molar-refractivity contribution is 0.0675. The SMILES string of the molecule is CCc1ccc(C(CC(C)C)S(=O)(=O)c2ccc3c(cnn3C3CCOCC3)c2)cc1. The largest absolute Gasteiger partial charge is 0.381 e. The maximum Gasteiger partial charge on any atom is 0.185 e. The number of benzene rings is 2. The van der Waals surface area contributed by atoms with Crippen molar-refractivity contribution in [3.05, 3.63) is 59.8 Å². The van der Waals surface area contributed by atoms with Crippen LogP contribution in [-0.2, 0) is 21.0 Å². The first kappa shape index (κ1) is 22.0. The Bertz CT molecular complexity index is 1130. The lowest BCUT2D eigenvalue weighted by Gasteiger charge is -2.23. The summed E-state index contributed by atoms with van der Waals surface area (Å²) in [5.74, 6) is 0.269. The Morgan fingerprint density at radius 2 is 1.81 bits per heavy atom. The number of rotatable bonds is 7. The van der Waals surface area contributed by atoms with E-state index in [1.54, 1.807) is 18.3 Å². The second-order valence-electron chi connectivity index (χ2n) is 8.91. The molecule has 31 heavy (non-hydrogen) atoms. The van der Waals surface area contributed by atoms with Crippen LogP contribution in [0.15, 0.2) is 53.6 Å². The quantitative estimate of drug-likeness (QED) is 0.486. The van der Waals surface area contributed by atoms with Crippen molar-refractivity contribution in [1.82, 2.24) is 9.78 Å². The molecule has 3 aromatic rings. The van der Waals surface area contributed by atoms with Crippen LogP contribution in [0.1, 0.15) is 62.5 Å². The number of nitrogens with zero attached hydrogens (tertiary/aromatic N) is 2. The van der Waals surface area contributed by atoms with E-state index in [9.17, 15) is 8.42 Å². The molecule has 0 amide bonds. The summed E-state index contributed by atoms with van der Waals surface area (Å²) in [6, 6.07) is 13.8. The summed E-state index contributed by atoms with van der Waals surface area (Å²) >= 11 is 0. The minimum atomic E-state index is -3.53. The summed E-state index contributed by atoms with van der Waals surface area (Å²) in [4.78, 5) is 0.372. The molecule has 166 valence electrons. The first-order chi connectivity index (χ1) is 14.9. The van der Waals surface area contributed by atoms with Crippen molar-refractivity contribution < 1.29 is 13.2 Å². The highest BCUT2D eigenvalue weighted by molar-refractivity contribution is 7.91. The molecule has 4 rings (SSSR count). The Labute approximate surface area is 185 Å².